The zero-order valence-electron chi connectivity index (χ0n) is 16.2. The minimum absolute atomic E-state index is 0.0205. The van der Waals surface area contributed by atoms with Crippen LogP contribution in [0.1, 0.15) is 43.0 Å². The van der Waals surface area contributed by atoms with E-state index in [4.69, 9.17) is 19.3 Å². The smallest absolute Gasteiger partial charge is 0.343 e. The molecule has 1 unspecified atom stereocenters. The van der Waals surface area contributed by atoms with Crippen molar-refractivity contribution in [2.24, 2.45) is 0 Å². The summed E-state index contributed by atoms with van der Waals surface area (Å²) in [5, 5.41) is 18.0. The van der Waals surface area contributed by atoms with Crippen LogP contribution < -0.4 is 14.2 Å². The Bertz CT molecular complexity index is 696. The van der Waals surface area contributed by atoms with E-state index in [-0.39, 0.29) is 13.2 Å². The summed E-state index contributed by atoms with van der Waals surface area (Å²) in [6.45, 7) is 2.47. The van der Waals surface area contributed by atoms with E-state index in [1.54, 1.807) is 48.5 Å². The molecule has 28 heavy (non-hydrogen) atoms. The first-order chi connectivity index (χ1) is 13.6. The van der Waals surface area contributed by atoms with Crippen LogP contribution in [0.2, 0.25) is 0 Å². The molecule has 0 aliphatic carbocycles. The summed E-state index contributed by atoms with van der Waals surface area (Å²) in [5.74, 6) is 1.21. The van der Waals surface area contributed by atoms with Crippen LogP contribution in [0.25, 0.3) is 0 Å². The molecule has 0 amide bonds. The van der Waals surface area contributed by atoms with Gasteiger partial charge >= 0.3 is 5.97 Å². The Kier molecular flexibility index (Phi) is 9.31. The normalized spacial score (nSPS) is 11.7. The second-order valence-electron chi connectivity index (χ2n) is 6.44. The van der Waals surface area contributed by atoms with Crippen molar-refractivity contribution in [2.75, 3.05) is 19.8 Å². The maximum Gasteiger partial charge on any atom is 0.343 e. The molecule has 0 fully saturated rings. The molecule has 2 aromatic carbocycles. The van der Waals surface area contributed by atoms with Gasteiger partial charge in [-0.25, -0.2) is 4.79 Å². The number of aliphatic hydroxyl groups excluding tert-OH is 2. The Morgan fingerprint density at radius 1 is 0.893 bits per heavy atom. The Labute approximate surface area is 165 Å². The molecule has 1 atom stereocenters. The van der Waals surface area contributed by atoms with E-state index in [0.29, 0.717) is 23.7 Å². The summed E-state index contributed by atoms with van der Waals surface area (Å²) in [7, 11) is 0. The highest BCUT2D eigenvalue weighted by Gasteiger charge is 2.10. The summed E-state index contributed by atoms with van der Waals surface area (Å²) >= 11 is 0. The quantitative estimate of drug-likeness (QED) is 0.328. The fraction of sp³-hybridized carbons (Fsp3) is 0.409. The first-order valence-corrected chi connectivity index (χ1v) is 9.59. The molecular formula is C22H28O6. The average molecular weight is 388 g/mol. The summed E-state index contributed by atoms with van der Waals surface area (Å²) in [6.07, 6.45) is 3.67. The highest BCUT2D eigenvalue weighted by atomic mass is 16.5. The molecule has 0 bridgehead atoms. The van der Waals surface area contributed by atoms with Crippen LogP contribution in [0.15, 0.2) is 48.5 Å². The van der Waals surface area contributed by atoms with E-state index in [9.17, 15) is 9.90 Å². The lowest BCUT2D eigenvalue weighted by molar-refractivity contribution is 0.0536. The van der Waals surface area contributed by atoms with Gasteiger partial charge in [-0.15, -0.1) is 0 Å². The van der Waals surface area contributed by atoms with Crippen molar-refractivity contribution in [1.29, 1.82) is 0 Å². The number of hydrogen-bond acceptors (Lipinski definition) is 6. The van der Waals surface area contributed by atoms with Gasteiger partial charge in [0.05, 0.1) is 18.8 Å². The molecule has 0 heterocycles. The van der Waals surface area contributed by atoms with Crippen molar-refractivity contribution in [3.05, 3.63) is 54.1 Å². The van der Waals surface area contributed by atoms with E-state index in [1.165, 1.54) is 12.8 Å². The van der Waals surface area contributed by atoms with Crippen molar-refractivity contribution >= 4 is 5.97 Å². The largest absolute Gasteiger partial charge is 0.494 e. The lowest BCUT2D eigenvalue weighted by atomic mass is 10.2. The second-order valence-corrected chi connectivity index (χ2v) is 6.44. The molecule has 0 saturated carbocycles. The van der Waals surface area contributed by atoms with Crippen LogP contribution in [-0.4, -0.2) is 42.1 Å². The number of carbonyl (C=O) groups excluding carboxylic acids is 1. The topological polar surface area (TPSA) is 85.2 Å². The molecule has 0 spiro atoms. The van der Waals surface area contributed by atoms with Crippen molar-refractivity contribution in [1.82, 2.24) is 0 Å². The van der Waals surface area contributed by atoms with E-state index in [2.05, 4.69) is 6.92 Å². The monoisotopic (exact) mass is 388 g/mol. The number of esters is 1. The number of rotatable bonds is 12. The first kappa shape index (κ1) is 21.7. The van der Waals surface area contributed by atoms with Crippen LogP contribution in [-0.2, 0) is 0 Å². The molecule has 2 N–H and O–H groups in total. The van der Waals surface area contributed by atoms with Gasteiger partial charge in [0.15, 0.2) is 0 Å². The number of ether oxygens (including phenoxy) is 3. The van der Waals surface area contributed by atoms with Gasteiger partial charge in [0.1, 0.15) is 30.0 Å². The summed E-state index contributed by atoms with van der Waals surface area (Å²) < 4.78 is 16.3. The maximum absolute atomic E-state index is 12.2. The van der Waals surface area contributed by atoms with Crippen molar-refractivity contribution in [3.63, 3.8) is 0 Å². The molecule has 0 aliphatic rings. The number of aliphatic hydroxyl groups is 2. The van der Waals surface area contributed by atoms with Gasteiger partial charge in [0.25, 0.3) is 0 Å². The predicted molar refractivity (Wildman–Crippen MR) is 106 cm³/mol. The molecule has 6 nitrogen and oxygen atoms in total. The lowest BCUT2D eigenvalue weighted by Gasteiger charge is -2.10. The third kappa shape index (κ3) is 7.58. The van der Waals surface area contributed by atoms with Gasteiger partial charge in [-0.05, 0) is 55.0 Å². The fourth-order valence-electron chi connectivity index (χ4n) is 2.42. The molecule has 152 valence electrons. The van der Waals surface area contributed by atoms with Gasteiger partial charge in [0, 0.05) is 0 Å². The number of hydrogen-bond donors (Lipinski definition) is 2. The third-order valence-corrected chi connectivity index (χ3v) is 4.04. The minimum atomic E-state index is -0.937. The van der Waals surface area contributed by atoms with Gasteiger partial charge in [0.2, 0.25) is 0 Å². The van der Waals surface area contributed by atoms with E-state index < -0.39 is 12.1 Å². The van der Waals surface area contributed by atoms with Crippen molar-refractivity contribution < 1.29 is 29.2 Å². The summed E-state index contributed by atoms with van der Waals surface area (Å²) in [6, 6.07) is 13.3. The maximum atomic E-state index is 12.2. The SMILES string of the molecule is CCCCCCOc1ccc(OC(=O)c2ccc(OCC(O)CO)cc2)cc1. The lowest BCUT2D eigenvalue weighted by Crippen LogP contribution is -2.21. The fourth-order valence-corrected chi connectivity index (χ4v) is 2.42. The van der Waals surface area contributed by atoms with Crippen LogP contribution in [0, 0.1) is 0 Å². The van der Waals surface area contributed by atoms with Gasteiger partial charge in [-0.3, -0.25) is 0 Å². The highest BCUT2D eigenvalue weighted by molar-refractivity contribution is 5.91. The van der Waals surface area contributed by atoms with E-state index in [0.717, 1.165) is 18.6 Å². The van der Waals surface area contributed by atoms with Gasteiger partial charge < -0.3 is 24.4 Å². The molecule has 0 aromatic heterocycles. The van der Waals surface area contributed by atoms with Crippen LogP contribution in [0.5, 0.6) is 17.2 Å². The Balaban J connectivity index is 1.80. The Morgan fingerprint density at radius 3 is 2.14 bits per heavy atom. The average Bonchev–Trinajstić information content (AvgIpc) is 2.73. The van der Waals surface area contributed by atoms with Crippen molar-refractivity contribution in [3.8, 4) is 17.2 Å². The minimum Gasteiger partial charge on any atom is -0.494 e. The number of unbranched alkanes of at least 4 members (excludes halogenated alkanes) is 3. The van der Waals surface area contributed by atoms with Crippen molar-refractivity contribution in [2.45, 2.75) is 38.7 Å². The van der Waals surface area contributed by atoms with E-state index in [1.807, 2.05) is 0 Å². The Hall–Kier alpha value is -2.57. The molecular weight excluding hydrogens is 360 g/mol. The Morgan fingerprint density at radius 2 is 1.50 bits per heavy atom. The number of carbonyl (C=O) groups is 1. The standard InChI is InChI=1S/C22H28O6/c1-2-3-4-5-14-26-19-10-12-21(13-11-19)28-22(25)17-6-8-20(9-7-17)27-16-18(24)15-23/h6-13,18,23-24H,2-5,14-16H2,1H3. The summed E-state index contributed by atoms with van der Waals surface area (Å²) in [4.78, 5) is 12.2. The molecule has 0 radical (unpaired) electrons. The zero-order valence-corrected chi connectivity index (χ0v) is 16.2. The first-order valence-electron chi connectivity index (χ1n) is 9.59. The molecule has 0 saturated heterocycles. The molecule has 0 aliphatic heterocycles. The predicted octanol–water partition coefficient (Wildman–Crippen LogP) is 3.60. The van der Waals surface area contributed by atoms with Gasteiger partial charge in [-0.2, -0.15) is 0 Å². The van der Waals surface area contributed by atoms with Crippen LogP contribution in [0.3, 0.4) is 0 Å². The second kappa shape index (κ2) is 12.0. The molecule has 6 heteroatoms. The van der Waals surface area contributed by atoms with Crippen LogP contribution in [0.4, 0.5) is 0 Å². The van der Waals surface area contributed by atoms with Gasteiger partial charge in [-0.1, -0.05) is 26.2 Å². The molecule has 2 aromatic rings. The van der Waals surface area contributed by atoms with E-state index >= 15 is 0 Å². The highest BCUT2D eigenvalue weighted by Crippen LogP contribution is 2.20. The number of benzene rings is 2. The third-order valence-electron chi connectivity index (χ3n) is 4.04. The molecule has 2 rings (SSSR count). The zero-order chi connectivity index (χ0) is 20.2. The summed E-state index contributed by atoms with van der Waals surface area (Å²) in [5.41, 5.74) is 0.381. The van der Waals surface area contributed by atoms with Crippen LogP contribution >= 0.6 is 0 Å².